The van der Waals surface area contributed by atoms with E-state index in [0.717, 1.165) is 11.3 Å². The van der Waals surface area contributed by atoms with Crippen molar-refractivity contribution in [1.29, 1.82) is 0 Å². The van der Waals surface area contributed by atoms with E-state index < -0.39 is 0 Å². The molecule has 0 radical (unpaired) electrons. The number of hydrogen-bond acceptors (Lipinski definition) is 4. The predicted molar refractivity (Wildman–Crippen MR) is 104 cm³/mol. The molecule has 0 aromatic heterocycles. The number of carbonyl (C=O) groups is 1. The molecule has 0 bridgehead atoms. The summed E-state index contributed by atoms with van der Waals surface area (Å²) in [5.74, 6) is 0.779. The van der Waals surface area contributed by atoms with Crippen molar-refractivity contribution in [3.8, 4) is 11.5 Å². The van der Waals surface area contributed by atoms with E-state index in [1.165, 1.54) is 18.3 Å². The zero-order valence-electron chi connectivity index (χ0n) is 14.4. The summed E-state index contributed by atoms with van der Waals surface area (Å²) < 4.78 is 18.6. The van der Waals surface area contributed by atoms with Crippen molar-refractivity contribution in [2.45, 2.75) is 0 Å². The topological polar surface area (TPSA) is 62.7 Å². The largest absolute Gasteiger partial charge is 0.457 e. The van der Waals surface area contributed by atoms with Gasteiger partial charge in [-0.1, -0.05) is 30.3 Å². The van der Waals surface area contributed by atoms with Gasteiger partial charge in [0.15, 0.2) is 0 Å². The average Bonchev–Trinajstić information content (AvgIpc) is 2.69. The van der Waals surface area contributed by atoms with E-state index in [1.54, 1.807) is 12.1 Å². The van der Waals surface area contributed by atoms with Crippen LogP contribution < -0.4 is 15.5 Å². The second-order valence-electron chi connectivity index (χ2n) is 5.64. The third kappa shape index (κ3) is 5.97. The summed E-state index contributed by atoms with van der Waals surface area (Å²) in [6, 6.07) is 22.6. The highest BCUT2D eigenvalue weighted by molar-refractivity contribution is 5.84. The number of amides is 1. The Morgan fingerprint density at radius 2 is 1.70 bits per heavy atom. The zero-order valence-corrected chi connectivity index (χ0v) is 14.4. The fourth-order valence-electron chi connectivity index (χ4n) is 2.25. The van der Waals surface area contributed by atoms with Gasteiger partial charge in [-0.25, -0.2) is 9.82 Å². The summed E-state index contributed by atoms with van der Waals surface area (Å²) in [5.41, 5.74) is 3.88. The second kappa shape index (κ2) is 9.15. The number of nitrogens with one attached hydrogen (secondary N) is 2. The quantitative estimate of drug-likeness (QED) is 0.489. The van der Waals surface area contributed by atoms with Gasteiger partial charge in [0.05, 0.1) is 12.8 Å². The number of anilines is 1. The minimum absolute atomic E-state index is 0.0279. The van der Waals surface area contributed by atoms with Gasteiger partial charge in [-0.2, -0.15) is 5.10 Å². The van der Waals surface area contributed by atoms with E-state index in [-0.39, 0.29) is 18.3 Å². The first-order chi connectivity index (χ1) is 13.2. The van der Waals surface area contributed by atoms with E-state index in [1.807, 2.05) is 54.6 Å². The molecule has 2 N–H and O–H groups in total. The van der Waals surface area contributed by atoms with Crippen LogP contribution in [-0.2, 0) is 4.79 Å². The Bertz CT molecular complexity index is 912. The molecule has 3 aromatic carbocycles. The molecular formula is C21H18FN3O2. The number of benzene rings is 3. The monoisotopic (exact) mass is 363 g/mol. The Hall–Kier alpha value is -3.67. The van der Waals surface area contributed by atoms with Gasteiger partial charge in [0.25, 0.3) is 5.91 Å². The van der Waals surface area contributed by atoms with Gasteiger partial charge < -0.3 is 10.1 Å². The molecule has 27 heavy (non-hydrogen) atoms. The van der Waals surface area contributed by atoms with Crippen molar-refractivity contribution in [2.75, 3.05) is 11.9 Å². The summed E-state index contributed by atoms with van der Waals surface area (Å²) in [5, 5.41) is 6.82. The van der Waals surface area contributed by atoms with Crippen LogP contribution in [0.3, 0.4) is 0 Å². The number of nitrogens with zero attached hydrogens (tertiary/aromatic N) is 1. The molecule has 0 atom stereocenters. The summed E-state index contributed by atoms with van der Waals surface area (Å²) in [6.45, 7) is 0.0279. The summed E-state index contributed by atoms with van der Waals surface area (Å²) >= 11 is 0. The molecule has 0 saturated carbocycles. The van der Waals surface area contributed by atoms with Crippen LogP contribution in [0.5, 0.6) is 11.5 Å². The lowest BCUT2D eigenvalue weighted by molar-refractivity contribution is -0.119. The predicted octanol–water partition coefficient (Wildman–Crippen LogP) is 4.18. The second-order valence-corrected chi connectivity index (χ2v) is 5.64. The standard InChI is InChI=1S/C21H18FN3O2/c22-17-9-11-18(12-10-17)23-15-21(26)25-24-14-16-5-4-8-20(13-16)27-19-6-2-1-3-7-19/h1-14,23H,15H2,(H,25,26)/b24-14-. The third-order valence-corrected chi connectivity index (χ3v) is 3.54. The maximum Gasteiger partial charge on any atom is 0.259 e. The lowest BCUT2D eigenvalue weighted by Gasteiger charge is -2.06. The van der Waals surface area contributed by atoms with Crippen molar-refractivity contribution >= 4 is 17.8 Å². The molecule has 1 amide bonds. The van der Waals surface area contributed by atoms with Gasteiger partial charge in [0, 0.05) is 5.69 Å². The fourth-order valence-corrected chi connectivity index (χ4v) is 2.25. The van der Waals surface area contributed by atoms with E-state index >= 15 is 0 Å². The summed E-state index contributed by atoms with van der Waals surface area (Å²) in [7, 11) is 0. The molecule has 0 fully saturated rings. The molecule has 0 spiro atoms. The highest BCUT2D eigenvalue weighted by Gasteiger charge is 2.00. The molecule has 0 aliphatic rings. The number of carbonyl (C=O) groups excluding carboxylic acids is 1. The summed E-state index contributed by atoms with van der Waals surface area (Å²) in [4.78, 5) is 11.8. The van der Waals surface area contributed by atoms with Crippen LogP contribution in [0.1, 0.15) is 5.56 Å². The Morgan fingerprint density at radius 3 is 2.48 bits per heavy atom. The minimum atomic E-state index is -0.326. The van der Waals surface area contributed by atoms with Crippen molar-refractivity contribution in [3.05, 3.63) is 90.2 Å². The lowest BCUT2D eigenvalue weighted by atomic mass is 10.2. The first-order valence-electron chi connectivity index (χ1n) is 8.33. The Balaban J connectivity index is 1.49. The van der Waals surface area contributed by atoms with Crippen LogP contribution in [0.15, 0.2) is 84.0 Å². The van der Waals surface area contributed by atoms with Crippen molar-refractivity contribution < 1.29 is 13.9 Å². The van der Waals surface area contributed by atoms with E-state index in [2.05, 4.69) is 15.8 Å². The molecule has 3 aromatic rings. The third-order valence-electron chi connectivity index (χ3n) is 3.54. The molecule has 0 aliphatic carbocycles. The SMILES string of the molecule is O=C(CNc1ccc(F)cc1)N/N=C\c1cccc(Oc2ccccc2)c1. The number of halogens is 1. The molecule has 5 nitrogen and oxygen atoms in total. The van der Waals surface area contributed by atoms with Gasteiger partial charge in [-0.3, -0.25) is 4.79 Å². The molecule has 136 valence electrons. The Kier molecular flexibility index (Phi) is 6.14. The van der Waals surface area contributed by atoms with Crippen molar-refractivity contribution in [1.82, 2.24) is 5.43 Å². The minimum Gasteiger partial charge on any atom is -0.457 e. The average molecular weight is 363 g/mol. The molecule has 3 rings (SSSR count). The van der Waals surface area contributed by atoms with Crippen LogP contribution in [0, 0.1) is 5.82 Å². The van der Waals surface area contributed by atoms with E-state index in [9.17, 15) is 9.18 Å². The summed E-state index contributed by atoms with van der Waals surface area (Å²) in [6.07, 6.45) is 1.54. The lowest BCUT2D eigenvalue weighted by Crippen LogP contribution is -2.25. The Labute approximate surface area is 156 Å². The van der Waals surface area contributed by atoms with Gasteiger partial charge >= 0.3 is 0 Å². The van der Waals surface area contributed by atoms with Crippen LogP contribution in [0.2, 0.25) is 0 Å². The van der Waals surface area contributed by atoms with Crippen molar-refractivity contribution in [3.63, 3.8) is 0 Å². The molecule has 0 heterocycles. The van der Waals surface area contributed by atoms with E-state index in [4.69, 9.17) is 4.74 Å². The molecule has 0 saturated heterocycles. The maximum atomic E-state index is 12.8. The van der Waals surface area contributed by atoms with Gasteiger partial charge in [0.2, 0.25) is 0 Å². The number of hydrazone groups is 1. The zero-order chi connectivity index (χ0) is 18.9. The number of para-hydroxylation sites is 1. The number of ether oxygens (including phenoxy) is 1. The van der Waals surface area contributed by atoms with E-state index in [0.29, 0.717) is 11.4 Å². The number of hydrogen-bond donors (Lipinski definition) is 2. The maximum absolute atomic E-state index is 12.8. The van der Waals surface area contributed by atoms with Crippen LogP contribution in [0.4, 0.5) is 10.1 Å². The van der Waals surface area contributed by atoms with Crippen LogP contribution >= 0.6 is 0 Å². The highest BCUT2D eigenvalue weighted by Crippen LogP contribution is 2.21. The van der Waals surface area contributed by atoms with Crippen LogP contribution in [-0.4, -0.2) is 18.7 Å². The van der Waals surface area contributed by atoms with Gasteiger partial charge in [-0.05, 0) is 54.1 Å². The van der Waals surface area contributed by atoms with Crippen molar-refractivity contribution in [2.24, 2.45) is 5.10 Å². The molecular weight excluding hydrogens is 345 g/mol. The fraction of sp³-hybridized carbons (Fsp3) is 0.0476. The first-order valence-corrected chi connectivity index (χ1v) is 8.33. The molecule has 0 aliphatic heterocycles. The number of rotatable bonds is 7. The molecule has 6 heteroatoms. The first kappa shape index (κ1) is 18.1. The van der Waals surface area contributed by atoms with Gasteiger partial charge in [-0.15, -0.1) is 0 Å². The molecule has 0 unspecified atom stereocenters. The Morgan fingerprint density at radius 1 is 0.963 bits per heavy atom. The van der Waals surface area contributed by atoms with Crippen LogP contribution in [0.25, 0.3) is 0 Å². The van der Waals surface area contributed by atoms with Gasteiger partial charge in [0.1, 0.15) is 17.3 Å². The highest BCUT2D eigenvalue weighted by atomic mass is 19.1. The normalized spacial score (nSPS) is 10.6. The smallest absolute Gasteiger partial charge is 0.259 e.